The Morgan fingerprint density at radius 2 is 1.65 bits per heavy atom. The molecule has 0 aromatic heterocycles. The molecule has 0 aliphatic rings. The molecule has 0 saturated carbocycles. The molecule has 94 valence electrons. The van der Waals surface area contributed by atoms with Crippen LogP contribution in [0.3, 0.4) is 0 Å². The predicted octanol–water partition coefficient (Wildman–Crippen LogP) is 5.33. The Labute approximate surface area is 106 Å². The Hall–Kier alpha value is -1.24. The number of rotatable bonds is 9. The van der Waals surface area contributed by atoms with Crippen LogP contribution in [-0.2, 0) is 0 Å². The lowest BCUT2D eigenvalue weighted by Gasteiger charge is -2.08. The van der Waals surface area contributed by atoms with Crippen molar-refractivity contribution in [1.29, 1.82) is 0 Å². The van der Waals surface area contributed by atoms with Crippen molar-refractivity contribution in [3.63, 3.8) is 0 Å². The van der Waals surface area contributed by atoms with Gasteiger partial charge in [0.25, 0.3) is 0 Å². The molecule has 0 unspecified atom stereocenters. The molecule has 0 aliphatic carbocycles. The Balaban J connectivity index is 2.06. The number of benzene rings is 1. The Kier molecular flexibility index (Phi) is 7.20. The van der Waals surface area contributed by atoms with Crippen LogP contribution >= 0.6 is 0 Å². The van der Waals surface area contributed by atoms with Crippen molar-refractivity contribution in [2.45, 2.75) is 51.9 Å². The van der Waals surface area contributed by atoms with Gasteiger partial charge in [-0.05, 0) is 18.6 Å². The Morgan fingerprint density at radius 3 is 2.35 bits per heavy atom. The molecular weight excluding hydrogens is 208 g/mol. The summed E-state index contributed by atoms with van der Waals surface area (Å²) in [7, 11) is 0. The molecule has 0 bridgehead atoms. The van der Waals surface area contributed by atoms with Crippen molar-refractivity contribution in [3.05, 3.63) is 42.7 Å². The molecule has 1 heteroatoms. The van der Waals surface area contributed by atoms with E-state index in [9.17, 15) is 0 Å². The van der Waals surface area contributed by atoms with Gasteiger partial charge >= 0.3 is 0 Å². The number of para-hydroxylation sites is 1. The fraction of sp³-hybridized carbons (Fsp3) is 0.500. The van der Waals surface area contributed by atoms with E-state index in [0.717, 1.165) is 17.9 Å². The summed E-state index contributed by atoms with van der Waals surface area (Å²) in [4.78, 5) is 0. The summed E-state index contributed by atoms with van der Waals surface area (Å²) in [6, 6.07) is 9.88. The quantitative estimate of drug-likeness (QED) is 0.413. The minimum atomic E-state index is 0.881. The average molecular weight is 232 g/mol. The van der Waals surface area contributed by atoms with Crippen LogP contribution in [-0.4, -0.2) is 0 Å². The molecule has 0 N–H and O–H groups in total. The summed E-state index contributed by atoms with van der Waals surface area (Å²) >= 11 is 0. The molecule has 1 nitrogen and oxygen atoms in total. The normalized spacial score (nSPS) is 10.2. The SMILES string of the molecule is C=C(CCCCCCCC)Oc1ccccc1. The van der Waals surface area contributed by atoms with Crippen molar-refractivity contribution >= 4 is 0 Å². The molecule has 0 radical (unpaired) electrons. The summed E-state index contributed by atoms with van der Waals surface area (Å²) in [6.07, 6.45) is 8.83. The van der Waals surface area contributed by atoms with Gasteiger partial charge in [0, 0.05) is 6.42 Å². The first-order chi connectivity index (χ1) is 8.33. The molecule has 0 heterocycles. The van der Waals surface area contributed by atoms with Crippen LogP contribution in [0.4, 0.5) is 0 Å². The van der Waals surface area contributed by atoms with E-state index < -0.39 is 0 Å². The number of hydrogen-bond acceptors (Lipinski definition) is 1. The zero-order valence-electron chi connectivity index (χ0n) is 11.0. The van der Waals surface area contributed by atoms with E-state index in [-0.39, 0.29) is 0 Å². The minimum Gasteiger partial charge on any atom is -0.462 e. The first kappa shape index (κ1) is 13.8. The second-order valence-electron chi connectivity index (χ2n) is 4.47. The van der Waals surface area contributed by atoms with E-state index in [1.165, 1.54) is 38.5 Å². The molecule has 0 spiro atoms. The number of allylic oxidation sites excluding steroid dienone is 1. The van der Waals surface area contributed by atoms with Crippen LogP contribution in [0.2, 0.25) is 0 Å². The second kappa shape index (κ2) is 8.86. The molecule has 0 atom stereocenters. The molecular formula is C16H24O. The fourth-order valence-corrected chi connectivity index (χ4v) is 1.81. The van der Waals surface area contributed by atoms with E-state index >= 15 is 0 Å². The molecule has 1 aromatic rings. The lowest BCUT2D eigenvalue weighted by Crippen LogP contribution is -1.93. The molecule has 0 amide bonds. The summed E-state index contributed by atoms with van der Waals surface area (Å²) < 4.78 is 5.65. The van der Waals surface area contributed by atoms with E-state index in [1.54, 1.807) is 0 Å². The van der Waals surface area contributed by atoms with E-state index in [2.05, 4.69) is 13.5 Å². The highest BCUT2D eigenvalue weighted by molar-refractivity contribution is 5.22. The van der Waals surface area contributed by atoms with Crippen LogP contribution in [0.25, 0.3) is 0 Å². The molecule has 1 aromatic carbocycles. The number of unbranched alkanes of at least 4 members (excludes halogenated alkanes) is 5. The first-order valence-corrected chi connectivity index (χ1v) is 6.73. The third-order valence-corrected chi connectivity index (χ3v) is 2.81. The molecule has 1 rings (SSSR count). The summed E-state index contributed by atoms with van der Waals surface area (Å²) in [5.41, 5.74) is 0. The van der Waals surface area contributed by atoms with Gasteiger partial charge in [-0.3, -0.25) is 0 Å². The maximum atomic E-state index is 5.65. The molecule has 0 aliphatic heterocycles. The highest BCUT2D eigenvalue weighted by Crippen LogP contribution is 2.16. The number of ether oxygens (including phenoxy) is 1. The van der Waals surface area contributed by atoms with Gasteiger partial charge in [-0.2, -0.15) is 0 Å². The standard InChI is InChI=1S/C16H24O/c1-3-4-5-6-7-9-12-15(2)17-16-13-10-8-11-14-16/h8,10-11,13-14H,2-7,9,12H2,1H3. The van der Waals surface area contributed by atoms with Crippen LogP contribution in [0, 0.1) is 0 Å². The number of hydrogen-bond donors (Lipinski definition) is 0. The van der Waals surface area contributed by atoms with Gasteiger partial charge in [0.15, 0.2) is 0 Å². The first-order valence-electron chi connectivity index (χ1n) is 6.73. The van der Waals surface area contributed by atoms with Gasteiger partial charge < -0.3 is 4.74 Å². The van der Waals surface area contributed by atoms with Gasteiger partial charge in [0.2, 0.25) is 0 Å². The smallest absolute Gasteiger partial charge is 0.126 e. The third-order valence-electron chi connectivity index (χ3n) is 2.81. The maximum Gasteiger partial charge on any atom is 0.126 e. The highest BCUT2D eigenvalue weighted by Gasteiger charge is 1.98. The van der Waals surface area contributed by atoms with Crippen LogP contribution in [0.5, 0.6) is 5.75 Å². The van der Waals surface area contributed by atoms with E-state index in [1.807, 2.05) is 30.3 Å². The molecule has 0 fully saturated rings. The Morgan fingerprint density at radius 1 is 1.00 bits per heavy atom. The maximum absolute atomic E-state index is 5.65. The van der Waals surface area contributed by atoms with Gasteiger partial charge in [-0.15, -0.1) is 0 Å². The van der Waals surface area contributed by atoms with Crippen LogP contribution in [0.1, 0.15) is 51.9 Å². The van der Waals surface area contributed by atoms with Crippen LogP contribution < -0.4 is 4.74 Å². The zero-order valence-corrected chi connectivity index (χ0v) is 11.0. The predicted molar refractivity (Wildman–Crippen MR) is 74.2 cm³/mol. The lowest BCUT2D eigenvalue weighted by molar-refractivity contribution is 0.398. The summed E-state index contributed by atoms with van der Waals surface area (Å²) in [6.45, 7) is 6.21. The van der Waals surface area contributed by atoms with Gasteiger partial charge in [0.1, 0.15) is 5.75 Å². The van der Waals surface area contributed by atoms with Crippen molar-refractivity contribution in [3.8, 4) is 5.75 Å². The average Bonchev–Trinajstić information content (AvgIpc) is 2.35. The lowest BCUT2D eigenvalue weighted by atomic mass is 10.1. The van der Waals surface area contributed by atoms with Gasteiger partial charge in [-0.1, -0.05) is 63.8 Å². The van der Waals surface area contributed by atoms with E-state index in [4.69, 9.17) is 4.74 Å². The minimum absolute atomic E-state index is 0.881. The molecule has 17 heavy (non-hydrogen) atoms. The highest BCUT2D eigenvalue weighted by atomic mass is 16.5. The fourth-order valence-electron chi connectivity index (χ4n) is 1.81. The topological polar surface area (TPSA) is 9.23 Å². The van der Waals surface area contributed by atoms with Crippen molar-refractivity contribution < 1.29 is 4.74 Å². The third kappa shape index (κ3) is 6.83. The zero-order chi connectivity index (χ0) is 12.3. The van der Waals surface area contributed by atoms with Crippen LogP contribution in [0.15, 0.2) is 42.7 Å². The van der Waals surface area contributed by atoms with Crippen molar-refractivity contribution in [1.82, 2.24) is 0 Å². The molecule has 0 saturated heterocycles. The second-order valence-corrected chi connectivity index (χ2v) is 4.47. The monoisotopic (exact) mass is 232 g/mol. The van der Waals surface area contributed by atoms with Crippen molar-refractivity contribution in [2.75, 3.05) is 0 Å². The van der Waals surface area contributed by atoms with E-state index in [0.29, 0.717) is 0 Å². The summed E-state index contributed by atoms with van der Waals surface area (Å²) in [5.74, 6) is 1.77. The Bertz CT molecular complexity index is 303. The summed E-state index contributed by atoms with van der Waals surface area (Å²) in [5, 5.41) is 0. The van der Waals surface area contributed by atoms with Crippen molar-refractivity contribution in [2.24, 2.45) is 0 Å². The van der Waals surface area contributed by atoms with Gasteiger partial charge in [-0.25, -0.2) is 0 Å². The van der Waals surface area contributed by atoms with Gasteiger partial charge in [0.05, 0.1) is 5.76 Å². The largest absolute Gasteiger partial charge is 0.462 e.